The van der Waals surface area contributed by atoms with E-state index in [-0.39, 0.29) is 9.62 Å². The second kappa shape index (κ2) is 9.69. The molecule has 2 aromatic heterocycles. The lowest BCUT2D eigenvalue weighted by molar-refractivity contribution is 0.177. The van der Waals surface area contributed by atoms with Gasteiger partial charge in [0.15, 0.2) is 0 Å². The molecule has 0 aliphatic heterocycles. The van der Waals surface area contributed by atoms with Gasteiger partial charge in [0.2, 0.25) is 0 Å². The monoisotopic (exact) mass is 489 g/mol. The van der Waals surface area contributed by atoms with Crippen molar-refractivity contribution in [3.8, 4) is 11.1 Å². The molecule has 0 saturated carbocycles. The van der Waals surface area contributed by atoms with Crippen LogP contribution in [0.15, 0.2) is 46.9 Å². The van der Waals surface area contributed by atoms with Crippen LogP contribution in [0, 0.1) is 5.92 Å². The van der Waals surface area contributed by atoms with E-state index < -0.39 is 16.1 Å². The number of hydrogen-bond acceptors (Lipinski definition) is 6. The summed E-state index contributed by atoms with van der Waals surface area (Å²) >= 11 is 1.18. The molecule has 0 radical (unpaired) electrons. The summed E-state index contributed by atoms with van der Waals surface area (Å²) in [6, 6.07) is 9.72. The van der Waals surface area contributed by atoms with Crippen LogP contribution < -0.4 is 4.72 Å². The molecule has 7 nitrogen and oxygen atoms in total. The molecule has 9 heteroatoms. The summed E-state index contributed by atoms with van der Waals surface area (Å²) in [6.07, 6.45) is 3.52. The highest BCUT2D eigenvalue weighted by Gasteiger charge is 2.26. The minimum absolute atomic E-state index is 0.0666. The van der Waals surface area contributed by atoms with Crippen molar-refractivity contribution < 1.29 is 17.9 Å². The molecule has 0 saturated heterocycles. The van der Waals surface area contributed by atoms with Crippen LogP contribution in [0.5, 0.6) is 0 Å². The highest BCUT2D eigenvalue weighted by molar-refractivity contribution is 7.92. The molecule has 33 heavy (non-hydrogen) atoms. The van der Waals surface area contributed by atoms with E-state index in [9.17, 15) is 13.2 Å². The third-order valence-electron chi connectivity index (χ3n) is 5.01. The van der Waals surface area contributed by atoms with Gasteiger partial charge in [0.05, 0.1) is 7.11 Å². The summed E-state index contributed by atoms with van der Waals surface area (Å²) < 4.78 is 34.5. The lowest BCUT2D eigenvalue weighted by atomic mass is 9.95. The summed E-state index contributed by atoms with van der Waals surface area (Å²) in [7, 11) is -2.92. The Hall–Kier alpha value is -2.65. The van der Waals surface area contributed by atoms with E-state index in [1.807, 2.05) is 47.4 Å². The molecule has 3 aromatic rings. The van der Waals surface area contributed by atoms with Gasteiger partial charge in [-0.1, -0.05) is 58.9 Å². The van der Waals surface area contributed by atoms with Crippen molar-refractivity contribution >= 4 is 27.5 Å². The lowest BCUT2D eigenvalue weighted by Crippen LogP contribution is -2.30. The highest BCUT2D eigenvalue weighted by atomic mass is 32.2. The zero-order valence-electron chi connectivity index (χ0n) is 19.9. The Morgan fingerprint density at radius 3 is 2.45 bits per heavy atom. The predicted molar refractivity (Wildman–Crippen MR) is 131 cm³/mol. The van der Waals surface area contributed by atoms with Gasteiger partial charge < -0.3 is 9.30 Å². The second-order valence-corrected chi connectivity index (χ2v) is 12.4. The van der Waals surface area contributed by atoms with E-state index in [0.29, 0.717) is 18.0 Å². The maximum absolute atomic E-state index is 12.9. The van der Waals surface area contributed by atoms with Crippen molar-refractivity contribution in [3.63, 3.8) is 0 Å². The Labute approximate surface area is 199 Å². The average Bonchev–Trinajstić information content (AvgIpc) is 3.35. The molecule has 178 valence electrons. The zero-order valence-corrected chi connectivity index (χ0v) is 21.5. The molecule has 0 spiro atoms. The number of rotatable bonds is 7. The Morgan fingerprint density at radius 2 is 1.88 bits per heavy atom. The van der Waals surface area contributed by atoms with E-state index in [1.54, 1.807) is 0 Å². The fourth-order valence-electron chi connectivity index (χ4n) is 3.59. The van der Waals surface area contributed by atoms with Crippen LogP contribution in [-0.2, 0) is 33.1 Å². The number of nitrogens with zero attached hydrogens (tertiary/aromatic N) is 2. The molecule has 1 amide bonds. The molecule has 1 aromatic carbocycles. The highest BCUT2D eigenvalue weighted by Crippen LogP contribution is 2.36. The van der Waals surface area contributed by atoms with Gasteiger partial charge in [-0.2, -0.15) is 0 Å². The molecule has 0 aliphatic rings. The van der Waals surface area contributed by atoms with Crippen molar-refractivity contribution in [3.05, 3.63) is 59.0 Å². The Kier molecular flexibility index (Phi) is 7.33. The number of aromatic nitrogens is 2. The largest absolute Gasteiger partial charge is 0.452 e. The van der Waals surface area contributed by atoms with Gasteiger partial charge in [0.1, 0.15) is 10.0 Å². The number of imidazole rings is 1. The summed E-state index contributed by atoms with van der Waals surface area (Å²) in [5.74, 6) is 1.38. The third-order valence-corrected chi connectivity index (χ3v) is 8.01. The van der Waals surface area contributed by atoms with Gasteiger partial charge in [0.25, 0.3) is 10.0 Å². The van der Waals surface area contributed by atoms with E-state index in [0.717, 1.165) is 35.4 Å². The molecule has 0 unspecified atom stereocenters. The zero-order chi connectivity index (χ0) is 24.4. The number of nitrogens with one attached hydrogen (secondary N) is 1. The Morgan fingerprint density at radius 1 is 1.21 bits per heavy atom. The fourth-order valence-corrected chi connectivity index (χ4v) is 6.46. The minimum Gasteiger partial charge on any atom is -0.452 e. The number of carbonyl (C=O) groups is 1. The number of thiophene rings is 1. The third kappa shape index (κ3) is 6.03. The van der Waals surface area contributed by atoms with Crippen LogP contribution in [0.1, 0.15) is 50.9 Å². The predicted octanol–water partition coefficient (Wildman–Crippen LogP) is 5.20. The number of ether oxygens (including phenoxy) is 1. The number of carbonyl (C=O) groups excluding carboxylic acids is 1. The fraction of sp³-hybridized carbons (Fsp3) is 0.417. The number of amides is 1. The van der Waals surface area contributed by atoms with Gasteiger partial charge in [-0.05, 0) is 29.5 Å². The van der Waals surface area contributed by atoms with E-state index in [2.05, 4.69) is 48.9 Å². The second-order valence-electron chi connectivity index (χ2n) is 9.43. The SMILES string of the molecule is COC(=O)NS(=O)(=O)c1sc(CC(C)C)cc1-c1ccc(Cn2ccnc2C(C)(C)C)cc1. The molecule has 3 rings (SSSR count). The summed E-state index contributed by atoms with van der Waals surface area (Å²) in [5, 5.41) is 0. The van der Waals surface area contributed by atoms with Gasteiger partial charge in [-0.25, -0.2) is 22.9 Å². The molecule has 0 bridgehead atoms. The summed E-state index contributed by atoms with van der Waals surface area (Å²) in [5.41, 5.74) is 2.37. The first kappa shape index (κ1) is 25.0. The summed E-state index contributed by atoms with van der Waals surface area (Å²) in [4.78, 5) is 17.1. The van der Waals surface area contributed by atoms with Crippen LogP contribution >= 0.6 is 11.3 Å². The number of benzene rings is 1. The molecule has 2 heterocycles. The topological polar surface area (TPSA) is 90.3 Å². The first-order valence-corrected chi connectivity index (χ1v) is 13.0. The average molecular weight is 490 g/mol. The van der Waals surface area contributed by atoms with Gasteiger partial charge in [0, 0.05) is 34.8 Å². The van der Waals surface area contributed by atoms with Crippen LogP contribution in [0.4, 0.5) is 4.79 Å². The quantitative estimate of drug-likeness (QED) is 0.493. The molecule has 0 atom stereocenters. The summed E-state index contributed by atoms with van der Waals surface area (Å²) in [6.45, 7) is 11.2. The van der Waals surface area contributed by atoms with Crippen molar-refractivity contribution in [2.45, 2.75) is 57.2 Å². The van der Waals surface area contributed by atoms with Gasteiger partial charge in [-0.15, -0.1) is 11.3 Å². The first-order valence-electron chi connectivity index (χ1n) is 10.7. The first-order chi connectivity index (χ1) is 15.4. The van der Waals surface area contributed by atoms with Gasteiger partial charge >= 0.3 is 6.09 Å². The van der Waals surface area contributed by atoms with E-state index >= 15 is 0 Å². The van der Waals surface area contributed by atoms with Crippen LogP contribution in [0.2, 0.25) is 0 Å². The van der Waals surface area contributed by atoms with Crippen LogP contribution in [0.3, 0.4) is 0 Å². The lowest BCUT2D eigenvalue weighted by Gasteiger charge is -2.20. The van der Waals surface area contributed by atoms with Crippen molar-refractivity contribution in [2.24, 2.45) is 5.92 Å². The van der Waals surface area contributed by atoms with Gasteiger partial charge in [-0.3, -0.25) is 0 Å². The smallest absolute Gasteiger partial charge is 0.420 e. The molecule has 1 N–H and O–H groups in total. The molecule has 0 fully saturated rings. The molecular weight excluding hydrogens is 458 g/mol. The normalized spacial score (nSPS) is 12.2. The minimum atomic E-state index is -4.06. The Bertz CT molecular complexity index is 1220. The van der Waals surface area contributed by atoms with Crippen LogP contribution in [0.25, 0.3) is 11.1 Å². The van der Waals surface area contributed by atoms with E-state index in [4.69, 9.17) is 0 Å². The molecular formula is C24H31N3O4S2. The maximum atomic E-state index is 12.9. The standard InChI is InChI=1S/C24H31N3O4S2/c1-16(2)13-19-14-20(21(32-19)33(29,30)26-23(28)31-6)18-9-7-17(8-10-18)15-27-12-11-25-22(27)24(3,4)5/h7-12,14,16H,13,15H2,1-6H3,(H,26,28). The number of sulfonamides is 1. The van der Waals surface area contributed by atoms with Crippen LogP contribution in [-0.4, -0.2) is 31.2 Å². The van der Waals surface area contributed by atoms with Crippen molar-refractivity contribution in [1.82, 2.24) is 14.3 Å². The number of methoxy groups -OCH3 is 1. The molecule has 0 aliphatic carbocycles. The maximum Gasteiger partial charge on any atom is 0.420 e. The Balaban J connectivity index is 1.95. The van der Waals surface area contributed by atoms with E-state index in [1.165, 1.54) is 11.3 Å². The van der Waals surface area contributed by atoms with Crippen molar-refractivity contribution in [1.29, 1.82) is 0 Å². The van der Waals surface area contributed by atoms with Crippen molar-refractivity contribution in [2.75, 3.05) is 7.11 Å². The number of hydrogen-bond donors (Lipinski definition) is 1.